The molecule has 0 aliphatic carbocycles. The molecule has 1 atom stereocenters. The number of hydrogen-bond donors (Lipinski definition) is 2. The molecule has 0 fully saturated rings. The minimum atomic E-state index is -7.81. The van der Waals surface area contributed by atoms with Gasteiger partial charge in [0.05, 0.1) is 25.7 Å². The van der Waals surface area contributed by atoms with Crippen LogP contribution in [0, 0.1) is 11.8 Å². The van der Waals surface area contributed by atoms with E-state index < -0.39 is 112 Å². The highest BCUT2D eigenvalue weighted by atomic mass is 19.4. The van der Waals surface area contributed by atoms with Crippen LogP contribution in [0.3, 0.4) is 0 Å². The van der Waals surface area contributed by atoms with Crippen molar-refractivity contribution in [2.75, 3.05) is 52.9 Å². The fourth-order valence-corrected chi connectivity index (χ4v) is 3.42. The van der Waals surface area contributed by atoms with E-state index in [0.29, 0.717) is 12.8 Å². The number of unbranched alkanes of at least 4 members (excludes halogenated alkanes) is 2. The van der Waals surface area contributed by atoms with Crippen molar-refractivity contribution in [3.05, 3.63) is 24.3 Å². The van der Waals surface area contributed by atoms with E-state index in [9.17, 15) is 62.3 Å². The van der Waals surface area contributed by atoms with Gasteiger partial charge in [-0.25, -0.2) is 9.59 Å². The summed E-state index contributed by atoms with van der Waals surface area (Å²) in [7, 11) is 0. The van der Waals surface area contributed by atoms with E-state index in [0.717, 1.165) is 6.92 Å². The molecule has 0 aromatic heterocycles. The number of carbonyl (C=O) groups is 2. The van der Waals surface area contributed by atoms with Gasteiger partial charge in [-0.05, 0) is 19.8 Å². The number of rotatable bonds is 25. The number of alkyl halides is 12. The number of carbonyl (C=O) groups excluding carboxylic acids is 2. The molecule has 0 saturated heterocycles. The predicted octanol–water partition coefficient (Wildman–Crippen LogP) is 5.85. The van der Waals surface area contributed by atoms with Gasteiger partial charge in [0.2, 0.25) is 0 Å². The van der Waals surface area contributed by atoms with Crippen molar-refractivity contribution in [1.82, 2.24) is 0 Å². The molecule has 2 N–H and O–H groups in total. The largest absolute Gasteiger partial charge is 0.462 e. The Morgan fingerprint density at radius 2 is 1.08 bits per heavy atom. The van der Waals surface area contributed by atoms with Gasteiger partial charge in [-0.15, -0.1) is 0 Å². The standard InChI is InChI=1S/C28H38F12O8/c1-5-6-7-8-45-15-23(29,30)25(33,34)27(37,38)28(39,40)26(35,36)24(31,32)16-46-12-20(13-47-21(43)17(2)3)14-48-22(44)18(4)9-19(10-41)11-42/h19-20,41-42H,2,4-16H2,1,3H3. The number of aliphatic hydroxyl groups excluding tert-OH is 2. The lowest BCUT2D eigenvalue weighted by Gasteiger charge is -2.41. The summed E-state index contributed by atoms with van der Waals surface area (Å²) < 4.78 is 188. The molecule has 0 aromatic carbocycles. The van der Waals surface area contributed by atoms with Crippen LogP contribution in [0.15, 0.2) is 24.3 Å². The molecule has 0 aliphatic heterocycles. The molecule has 0 heterocycles. The van der Waals surface area contributed by atoms with Crippen molar-refractivity contribution < 1.29 is 91.4 Å². The Balaban J connectivity index is 5.85. The SMILES string of the molecule is C=C(C)C(=O)OCC(COCC(F)(F)C(F)(F)C(F)(F)C(F)(F)C(F)(F)C(F)(F)COCCCCC)COC(=O)C(=C)CC(CO)CO. The number of esters is 2. The fourth-order valence-electron chi connectivity index (χ4n) is 3.42. The molecule has 0 radical (unpaired) electrons. The summed E-state index contributed by atoms with van der Waals surface area (Å²) in [4.78, 5) is 23.8. The Labute approximate surface area is 268 Å². The summed E-state index contributed by atoms with van der Waals surface area (Å²) in [6.45, 7) is -1.16. The molecule has 0 rings (SSSR count). The van der Waals surface area contributed by atoms with Gasteiger partial charge in [-0.2, -0.15) is 52.7 Å². The molecule has 282 valence electrons. The van der Waals surface area contributed by atoms with E-state index in [-0.39, 0.29) is 24.0 Å². The maximum atomic E-state index is 14.3. The molecule has 20 heteroatoms. The average Bonchev–Trinajstić information content (AvgIpc) is 2.99. The fraction of sp³-hybridized carbons (Fsp3) is 0.786. The lowest BCUT2D eigenvalue weighted by molar-refractivity contribution is -0.429. The van der Waals surface area contributed by atoms with E-state index >= 15 is 0 Å². The van der Waals surface area contributed by atoms with Crippen LogP contribution in [0.5, 0.6) is 0 Å². The number of hydrogen-bond acceptors (Lipinski definition) is 8. The summed E-state index contributed by atoms with van der Waals surface area (Å²) in [5.74, 6) is -47.7. The van der Waals surface area contributed by atoms with Crippen LogP contribution in [0.4, 0.5) is 52.7 Å². The van der Waals surface area contributed by atoms with Crippen molar-refractivity contribution in [1.29, 1.82) is 0 Å². The first-order chi connectivity index (χ1) is 21.8. The summed E-state index contributed by atoms with van der Waals surface area (Å²) in [5.41, 5.74) is -0.541. The van der Waals surface area contributed by atoms with Crippen LogP contribution < -0.4 is 0 Å². The third kappa shape index (κ3) is 11.2. The molecule has 0 amide bonds. The third-order valence-electron chi connectivity index (χ3n) is 6.50. The molecule has 0 aliphatic rings. The Morgan fingerprint density at radius 1 is 0.646 bits per heavy atom. The van der Waals surface area contributed by atoms with Crippen LogP contribution in [0.25, 0.3) is 0 Å². The minimum Gasteiger partial charge on any atom is -0.462 e. The Hall–Kier alpha value is -2.58. The van der Waals surface area contributed by atoms with Gasteiger partial charge in [0.25, 0.3) is 0 Å². The summed E-state index contributed by atoms with van der Waals surface area (Å²) in [6, 6.07) is 0. The smallest absolute Gasteiger partial charge is 0.384 e. The molecule has 1 unspecified atom stereocenters. The van der Waals surface area contributed by atoms with E-state index in [2.05, 4.69) is 22.6 Å². The van der Waals surface area contributed by atoms with Gasteiger partial charge in [0.15, 0.2) is 0 Å². The van der Waals surface area contributed by atoms with E-state index in [1.54, 1.807) is 6.92 Å². The number of ether oxygens (including phenoxy) is 4. The van der Waals surface area contributed by atoms with Crippen molar-refractivity contribution in [2.45, 2.75) is 75.1 Å². The van der Waals surface area contributed by atoms with Gasteiger partial charge < -0.3 is 29.2 Å². The van der Waals surface area contributed by atoms with E-state index in [4.69, 9.17) is 19.7 Å². The highest BCUT2D eigenvalue weighted by molar-refractivity contribution is 5.88. The van der Waals surface area contributed by atoms with Gasteiger partial charge in [0.1, 0.15) is 13.2 Å². The first-order valence-electron chi connectivity index (χ1n) is 14.1. The molecule has 0 aromatic rings. The van der Waals surface area contributed by atoms with Crippen LogP contribution in [-0.2, 0) is 28.5 Å². The monoisotopic (exact) mass is 730 g/mol. The quantitative estimate of drug-likeness (QED) is 0.0522. The first-order valence-corrected chi connectivity index (χ1v) is 14.1. The maximum Gasteiger partial charge on any atom is 0.384 e. The second kappa shape index (κ2) is 18.4. The number of halogens is 12. The van der Waals surface area contributed by atoms with Crippen LogP contribution >= 0.6 is 0 Å². The van der Waals surface area contributed by atoms with Crippen molar-refractivity contribution in [2.24, 2.45) is 11.8 Å². The van der Waals surface area contributed by atoms with Crippen LogP contribution in [-0.4, -0.2) is 111 Å². The minimum absolute atomic E-state index is 0.0421. The third-order valence-corrected chi connectivity index (χ3v) is 6.50. The zero-order chi connectivity index (χ0) is 37.8. The molecule has 0 spiro atoms. The van der Waals surface area contributed by atoms with Crippen LogP contribution in [0.1, 0.15) is 39.5 Å². The lowest BCUT2D eigenvalue weighted by Crippen LogP contribution is -2.71. The molecular weight excluding hydrogens is 692 g/mol. The molecule has 0 saturated carbocycles. The van der Waals surface area contributed by atoms with Gasteiger partial charge in [0, 0.05) is 36.9 Å². The van der Waals surface area contributed by atoms with Gasteiger partial charge in [-0.3, -0.25) is 0 Å². The molecule has 8 nitrogen and oxygen atoms in total. The summed E-state index contributed by atoms with van der Waals surface area (Å²) in [6.07, 6.45) is 0.435. The second-order valence-electron chi connectivity index (χ2n) is 10.9. The van der Waals surface area contributed by atoms with E-state index in [1.165, 1.54) is 0 Å². The Bertz CT molecular complexity index is 1070. The van der Waals surface area contributed by atoms with Gasteiger partial charge >= 0.3 is 47.5 Å². The van der Waals surface area contributed by atoms with Crippen molar-refractivity contribution in [3.63, 3.8) is 0 Å². The average molecular weight is 731 g/mol. The lowest BCUT2D eigenvalue weighted by atomic mass is 9.91. The molecular formula is C28H38F12O8. The summed E-state index contributed by atoms with van der Waals surface area (Å²) in [5, 5.41) is 18.2. The van der Waals surface area contributed by atoms with E-state index in [1.807, 2.05) is 0 Å². The first kappa shape index (κ1) is 45.4. The molecule has 0 bridgehead atoms. The highest BCUT2D eigenvalue weighted by Gasteiger charge is 2.90. The highest BCUT2D eigenvalue weighted by Crippen LogP contribution is 2.60. The maximum absolute atomic E-state index is 14.3. The topological polar surface area (TPSA) is 112 Å². The van der Waals surface area contributed by atoms with Crippen LogP contribution in [0.2, 0.25) is 0 Å². The van der Waals surface area contributed by atoms with Gasteiger partial charge in [-0.1, -0.05) is 32.9 Å². The Morgan fingerprint density at radius 3 is 1.50 bits per heavy atom. The van der Waals surface area contributed by atoms with Crippen molar-refractivity contribution in [3.8, 4) is 0 Å². The Kier molecular flexibility index (Phi) is 17.4. The predicted molar refractivity (Wildman–Crippen MR) is 142 cm³/mol. The molecule has 48 heavy (non-hydrogen) atoms. The zero-order valence-corrected chi connectivity index (χ0v) is 25.9. The summed E-state index contributed by atoms with van der Waals surface area (Å²) >= 11 is 0. The number of aliphatic hydroxyl groups is 2. The zero-order valence-electron chi connectivity index (χ0n) is 25.9. The second-order valence-corrected chi connectivity index (χ2v) is 10.9. The van der Waals surface area contributed by atoms with Crippen molar-refractivity contribution >= 4 is 11.9 Å². The normalized spacial score (nSPS) is 14.2.